The van der Waals surface area contributed by atoms with Crippen molar-refractivity contribution < 1.29 is 23.9 Å². The minimum Gasteiger partial charge on any atom is -0.322 e. The first-order chi connectivity index (χ1) is 14.0. The standard InChI is InChI=1S/C13H11FN2O4.C8H17N/c14-20-8-1-2-9-7(5-8)6-16(13(9)19)10-3-4-11(17)15-12(10)18;1-2-9-8-6-4-3-5-7-8/h1-2,5,10H,3-4,6H2,(H,15,17,18);8-9H,2-7H2,1H3. The fourth-order valence-electron chi connectivity index (χ4n) is 4.19. The lowest BCUT2D eigenvalue weighted by molar-refractivity contribution is -0.136. The summed E-state index contributed by atoms with van der Waals surface area (Å²) in [6, 6.07) is 4.44. The second-order valence-corrected chi connectivity index (χ2v) is 7.69. The highest BCUT2D eigenvalue weighted by Gasteiger charge is 2.39. The summed E-state index contributed by atoms with van der Waals surface area (Å²) in [4.78, 5) is 40.2. The van der Waals surface area contributed by atoms with Gasteiger partial charge in [-0.05, 0) is 49.6 Å². The first kappa shape index (κ1) is 21.2. The zero-order chi connectivity index (χ0) is 20.8. The molecule has 1 unspecified atom stereocenters. The maximum atomic E-state index is 12.2. The van der Waals surface area contributed by atoms with Crippen LogP contribution in [0.25, 0.3) is 0 Å². The van der Waals surface area contributed by atoms with E-state index in [-0.39, 0.29) is 30.5 Å². The van der Waals surface area contributed by atoms with E-state index in [2.05, 4.69) is 22.5 Å². The Morgan fingerprint density at radius 2 is 1.93 bits per heavy atom. The molecule has 2 heterocycles. The topological polar surface area (TPSA) is 87.7 Å². The van der Waals surface area contributed by atoms with Crippen LogP contribution in [-0.2, 0) is 16.1 Å². The number of imide groups is 1. The summed E-state index contributed by atoms with van der Waals surface area (Å²) in [6.45, 7) is 3.54. The third kappa shape index (κ3) is 5.12. The number of carbonyl (C=O) groups excluding carboxylic acids is 3. The van der Waals surface area contributed by atoms with Gasteiger partial charge in [0.2, 0.25) is 11.8 Å². The number of piperidine rings is 1. The van der Waals surface area contributed by atoms with Gasteiger partial charge in [-0.3, -0.25) is 24.6 Å². The zero-order valence-corrected chi connectivity index (χ0v) is 16.7. The lowest BCUT2D eigenvalue weighted by Gasteiger charge is -2.29. The molecule has 1 aromatic rings. The molecule has 29 heavy (non-hydrogen) atoms. The second-order valence-electron chi connectivity index (χ2n) is 7.69. The molecule has 2 aliphatic heterocycles. The molecule has 7 nitrogen and oxygen atoms in total. The largest absolute Gasteiger partial charge is 0.322 e. The quantitative estimate of drug-likeness (QED) is 0.752. The van der Waals surface area contributed by atoms with Crippen LogP contribution in [0.15, 0.2) is 18.2 Å². The zero-order valence-electron chi connectivity index (χ0n) is 16.7. The molecule has 0 aromatic heterocycles. The minimum atomic E-state index is -0.664. The highest BCUT2D eigenvalue weighted by molar-refractivity contribution is 6.05. The van der Waals surface area contributed by atoms with Crippen LogP contribution < -0.4 is 15.6 Å². The number of halogens is 1. The van der Waals surface area contributed by atoms with E-state index in [1.165, 1.54) is 55.2 Å². The van der Waals surface area contributed by atoms with Gasteiger partial charge in [0.25, 0.3) is 5.91 Å². The molecule has 3 aliphatic rings. The number of nitrogens with one attached hydrogen (secondary N) is 2. The summed E-state index contributed by atoms with van der Waals surface area (Å²) >= 11 is 0. The van der Waals surface area contributed by atoms with E-state index in [1.807, 2.05) is 0 Å². The normalized spacial score (nSPS) is 21.9. The van der Waals surface area contributed by atoms with Crippen LogP contribution in [0.1, 0.15) is 67.8 Å². The van der Waals surface area contributed by atoms with Crippen LogP contribution in [0.4, 0.5) is 4.53 Å². The Morgan fingerprint density at radius 1 is 1.17 bits per heavy atom. The van der Waals surface area contributed by atoms with Gasteiger partial charge in [-0.1, -0.05) is 26.2 Å². The maximum absolute atomic E-state index is 12.2. The van der Waals surface area contributed by atoms with Gasteiger partial charge < -0.3 is 10.2 Å². The number of benzene rings is 1. The molecular weight excluding hydrogens is 377 g/mol. The van der Waals surface area contributed by atoms with Crippen LogP contribution in [0.3, 0.4) is 0 Å². The number of fused-ring (bicyclic) bond motifs is 1. The molecule has 1 aliphatic carbocycles. The van der Waals surface area contributed by atoms with Gasteiger partial charge in [-0.25, -0.2) is 0 Å². The summed E-state index contributed by atoms with van der Waals surface area (Å²) in [6.07, 6.45) is 7.67. The summed E-state index contributed by atoms with van der Waals surface area (Å²) in [5, 5.41) is 5.70. The van der Waals surface area contributed by atoms with Gasteiger partial charge >= 0.3 is 0 Å². The Morgan fingerprint density at radius 3 is 2.59 bits per heavy atom. The van der Waals surface area contributed by atoms with Gasteiger partial charge in [0.15, 0.2) is 5.75 Å². The Kier molecular flexibility index (Phi) is 7.19. The predicted molar refractivity (Wildman–Crippen MR) is 105 cm³/mol. The Labute approximate surface area is 169 Å². The van der Waals surface area contributed by atoms with Crippen LogP contribution in [0.2, 0.25) is 0 Å². The Balaban J connectivity index is 0.000000224. The number of rotatable bonds is 4. The summed E-state index contributed by atoms with van der Waals surface area (Å²) < 4.78 is 12.1. The molecule has 1 saturated heterocycles. The highest BCUT2D eigenvalue weighted by atomic mass is 19.3. The van der Waals surface area contributed by atoms with Crippen molar-refractivity contribution in [2.45, 2.75) is 70.5 Å². The van der Waals surface area contributed by atoms with E-state index in [4.69, 9.17) is 0 Å². The Hall–Kier alpha value is -2.48. The van der Waals surface area contributed by atoms with Crippen molar-refractivity contribution in [3.63, 3.8) is 0 Å². The molecule has 0 spiro atoms. The summed E-state index contributed by atoms with van der Waals surface area (Å²) in [5.74, 6) is -1.07. The number of hydrogen-bond acceptors (Lipinski definition) is 5. The molecule has 8 heteroatoms. The van der Waals surface area contributed by atoms with E-state index >= 15 is 0 Å². The van der Waals surface area contributed by atoms with E-state index in [0.29, 0.717) is 17.5 Å². The fraction of sp³-hybridized carbons (Fsp3) is 0.571. The molecule has 3 amide bonds. The molecule has 1 aromatic carbocycles. The third-order valence-electron chi connectivity index (χ3n) is 5.68. The van der Waals surface area contributed by atoms with Crippen LogP contribution in [-0.4, -0.2) is 41.2 Å². The molecule has 4 rings (SSSR count). The van der Waals surface area contributed by atoms with E-state index in [1.54, 1.807) is 0 Å². The van der Waals surface area contributed by atoms with Crippen LogP contribution >= 0.6 is 0 Å². The van der Waals surface area contributed by atoms with Crippen LogP contribution in [0.5, 0.6) is 5.75 Å². The summed E-state index contributed by atoms with van der Waals surface area (Å²) in [5.41, 5.74) is 1.03. The van der Waals surface area contributed by atoms with Crippen molar-refractivity contribution in [2.75, 3.05) is 6.54 Å². The molecule has 2 N–H and O–H groups in total. The Bertz CT molecular complexity index is 762. The van der Waals surface area contributed by atoms with Gasteiger partial charge in [0.1, 0.15) is 6.04 Å². The molecule has 2 fully saturated rings. The first-order valence-electron chi connectivity index (χ1n) is 10.3. The second kappa shape index (κ2) is 9.82. The molecule has 0 radical (unpaired) electrons. The molecule has 1 saturated carbocycles. The van der Waals surface area contributed by atoms with Gasteiger partial charge in [0, 0.05) is 29.1 Å². The van der Waals surface area contributed by atoms with E-state index in [0.717, 1.165) is 12.6 Å². The minimum absolute atomic E-state index is 0.0154. The molecule has 158 valence electrons. The smallest absolute Gasteiger partial charge is 0.255 e. The van der Waals surface area contributed by atoms with E-state index < -0.39 is 11.9 Å². The van der Waals surface area contributed by atoms with E-state index in [9.17, 15) is 18.9 Å². The number of carbonyl (C=O) groups is 3. The fourth-order valence-corrected chi connectivity index (χ4v) is 4.19. The van der Waals surface area contributed by atoms with Crippen molar-refractivity contribution in [2.24, 2.45) is 0 Å². The van der Waals surface area contributed by atoms with Crippen molar-refractivity contribution >= 4 is 17.7 Å². The van der Waals surface area contributed by atoms with Gasteiger partial charge in [-0.2, -0.15) is 0 Å². The maximum Gasteiger partial charge on any atom is 0.255 e. The monoisotopic (exact) mass is 405 g/mol. The molecule has 1 atom stereocenters. The highest BCUT2D eigenvalue weighted by Crippen LogP contribution is 2.30. The van der Waals surface area contributed by atoms with Crippen LogP contribution in [0, 0.1) is 0 Å². The van der Waals surface area contributed by atoms with Crippen molar-refractivity contribution in [3.05, 3.63) is 29.3 Å². The first-order valence-corrected chi connectivity index (χ1v) is 10.3. The molecular formula is C21H28FN3O4. The average Bonchev–Trinajstić information content (AvgIpc) is 3.05. The summed E-state index contributed by atoms with van der Waals surface area (Å²) in [7, 11) is 0. The number of nitrogens with zero attached hydrogens (tertiary/aromatic N) is 1. The van der Waals surface area contributed by atoms with Crippen molar-refractivity contribution in [1.82, 2.24) is 15.5 Å². The lowest BCUT2D eigenvalue weighted by Crippen LogP contribution is -2.52. The SMILES string of the molecule is CCNC1CCCCC1.O=C1CCC(N2Cc3cc(OF)ccc3C2=O)C(=O)N1. The third-order valence-corrected chi connectivity index (χ3v) is 5.68. The lowest BCUT2D eigenvalue weighted by atomic mass is 9.96. The van der Waals surface area contributed by atoms with Gasteiger partial charge in [0.05, 0.1) is 0 Å². The predicted octanol–water partition coefficient (Wildman–Crippen LogP) is 2.64. The number of hydrogen-bond donors (Lipinski definition) is 2. The molecule has 0 bridgehead atoms. The number of amides is 3. The van der Waals surface area contributed by atoms with Crippen molar-refractivity contribution in [3.8, 4) is 5.75 Å². The van der Waals surface area contributed by atoms with Crippen molar-refractivity contribution in [1.29, 1.82) is 0 Å². The van der Waals surface area contributed by atoms with Gasteiger partial charge in [-0.15, -0.1) is 0 Å². The average molecular weight is 405 g/mol.